The van der Waals surface area contributed by atoms with Crippen molar-refractivity contribution in [1.29, 1.82) is 0 Å². The van der Waals surface area contributed by atoms with Gasteiger partial charge in [-0.15, -0.1) is 0 Å². The molecule has 1 heterocycles. The molecule has 0 unspecified atom stereocenters. The summed E-state index contributed by atoms with van der Waals surface area (Å²) in [5.74, 6) is -1.53. The average Bonchev–Trinajstić information content (AvgIpc) is 2.89. The number of carboxylic acids is 1. The van der Waals surface area contributed by atoms with Crippen LogP contribution in [0.25, 0.3) is 0 Å². The number of aromatic carboxylic acids is 1. The van der Waals surface area contributed by atoms with Crippen LogP contribution < -0.4 is 11.1 Å². The summed E-state index contributed by atoms with van der Waals surface area (Å²) in [4.78, 5) is 23.1. The Bertz CT molecular complexity index is 730. The molecule has 1 fully saturated rings. The number of carbonyl (C=O) groups excluding carboxylic acids is 1. The van der Waals surface area contributed by atoms with E-state index in [4.69, 9.17) is 10.8 Å². The fourth-order valence-corrected chi connectivity index (χ4v) is 4.28. The first-order chi connectivity index (χ1) is 11.1. The van der Waals surface area contributed by atoms with Gasteiger partial charge in [-0.1, -0.05) is 0 Å². The van der Waals surface area contributed by atoms with Gasteiger partial charge in [-0.05, 0) is 44.5 Å². The molecule has 4 N–H and O–H groups in total. The average molecular weight is 355 g/mol. The largest absolute Gasteiger partial charge is 0.478 e. The third kappa shape index (κ3) is 3.74. The summed E-state index contributed by atoms with van der Waals surface area (Å²) in [6, 6.07) is 3.46. The number of benzene rings is 1. The van der Waals surface area contributed by atoms with Crippen molar-refractivity contribution in [2.75, 3.05) is 6.54 Å². The normalized spacial score (nSPS) is 21.8. The molecule has 2 rings (SSSR count). The van der Waals surface area contributed by atoms with Crippen LogP contribution in [-0.4, -0.2) is 54.4 Å². The van der Waals surface area contributed by atoms with E-state index >= 15 is 0 Å². The lowest BCUT2D eigenvalue weighted by atomic mass is 10.1. The highest BCUT2D eigenvalue weighted by molar-refractivity contribution is 7.89. The van der Waals surface area contributed by atoms with Gasteiger partial charge in [-0.3, -0.25) is 4.79 Å². The second-order valence-electron chi connectivity index (χ2n) is 6.08. The van der Waals surface area contributed by atoms with Gasteiger partial charge in [0.1, 0.15) is 6.04 Å². The summed E-state index contributed by atoms with van der Waals surface area (Å²) in [7, 11) is -3.94. The highest BCUT2D eigenvalue weighted by atomic mass is 32.2. The van der Waals surface area contributed by atoms with Gasteiger partial charge in [0.2, 0.25) is 15.9 Å². The topological polar surface area (TPSA) is 130 Å². The van der Waals surface area contributed by atoms with Gasteiger partial charge in [0, 0.05) is 18.6 Å². The number of nitrogens with two attached hydrogens (primary N) is 1. The van der Waals surface area contributed by atoms with E-state index in [2.05, 4.69) is 5.32 Å². The van der Waals surface area contributed by atoms with E-state index in [-0.39, 0.29) is 35.4 Å². The van der Waals surface area contributed by atoms with Crippen LogP contribution in [-0.2, 0) is 14.8 Å². The van der Waals surface area contributed by atoms with Crippen molar-refractivity contribution in [2.45, 2.75) is 43.3 Å². The van der Waals surface area contributed by atoms with Gasteiger partial charge in [-0.25, -0.2) is 13.2 Å². The Balaban J connectivity index is 2.31. The molecule has 132 valence electrons. The van der Waals surface area contributed by atoms with Crippen LogP contribution in [0, 0.1) is 0 Å². The predicted molar refractivity (Wildman–Crippen MR) is 87.0 cm³/mol. The molecule has 0 bridgehead atoms. The second kappa shape index (κ2) is 6.88. The molecule has 1 aromatic rings. The molecule has 0 saturated carbocycles. The quantitative estimate of drug-likeness (QED) is 0.682. The highest BCUT2D eigenvalue weighted by Gasteiger charge is 2.42. The Hall–Kier alpha value is -1.97. The summed E-state index contributed by atoms with van der Waals surface area (Å²) in [6.45, 7) is 3.62. The molecule has 0 aliphatic carbocycles. The maximum atomic E-state index is 12.8. The van der Waals surface area contributed by atoms with Gasteiger partial charge in [0.05, 0.1) is 10.5 Å². The van der Waals surface area contributed by atoms with Gasteiger partial charge in [0.25, 0.3) is 0 Å². The number of carbonyl (C=O) groups is 2. The molecular formula is C15H21N3O5S. The minimum absolute atomic E-state index is 0.0128. The molecule has 0 spiro atoms. The number of hydrogen-bond acceptors (Lipinski definition) is 5. The van der Waals surface area contributed by atoms with Crippen molar-refractivity contribution >= 4 is 21.9 Å². The predicted octanol–water partition coefficient (Wildman–Crippen LogP) is -0.000300. The molecule has 8 nitrogen and oxygen atoms in total. The van der Waals surface area contributed by atoms with Crippen LogP contribution in [0.1, 0.15) is 30.6 Å². The third-order valence-electron chi connectivity index (χ3n) is 3.73. The Labute approximate surface area is 140 Å². The van der Waals surface area contributed by atoms with Crippen molar-refractivity contribution < 1.29 is 23.1 Å². The van der Waals surface area contributed by atoms with Crippen LogP contribution in [0.3, 0.4) is 0 Å². The standard InChI is InChI=1S/C15H21N3O5S/c1-9(2)17-14(19)13-7-11(16)8-18(13)24(22,23)12-5-3-10(4-6-12)15(20)21/h3-6,9,11,13H,7-8,16H2,1-2H3,(H,17,19)(H,20,21)/t11-,13-/m0/s1. The number of sulfonamides is 1. The monoisotopic (exact) mass is 355 g/mol. The smallest absolute Gasteiger partial charge is 0.335 e. The lowest BCUT2D eigenvalue weighted by Gasteiger charge is -2.24. The zero-order valence-electron chi connectivity index (χ0n) is 13.5. The number of hydrogen-bond donors (Lipinski definition) is 3. The Morgan fingerprint density at radius 1 is 1.29 bits per heavy atom. The van der Waals surface area contributed by atoms with E-state index in [1.807, 2.05) is 0 Å². The molecule has 1 aliphatic rings. The van der Waals surface area contributed by atoms with Crippen molar-refractivity contribution in [2.24, 2.45) is 5.73 Å². The van der Waals surface area contributed by atoms with E-state index < -0.39 is 28.1 Å². The zero-order valence-corrected chi connectivity index (χ0v) is 14.3. The SMILES string of the molecule is CC(C)NC(=O)[C@@H]1C[C@H](N)CN1S(=O)(=O)c1ccc(C(=O)O)cc1. The minimum Gasteiger partial charge on any atom is -0.478 e. The van der Waals surface area contributed by atoms with Crippen molar-refractivity contribution in [3.63, 3.8) is 0 Å². The summed E-state index contributed by atoms with van der Waals surface area (Å²) in [5.41, 5.74) is 5.85. The van der Waals surface area contributed by atoms with E-state index in [0.29, 0.717) is 0 Å². The molecule has 9 heteroatoms. The fourth-order valence-electron chi connectivity index (χ4n) is 2.63. The third-order valence-corrected chi connectivity index (χ3v) is 5.62. The van der Waals surface area contributed by atoms with Crippen LogP contribution in [0.4, 0.5) is 0 Å². The molecule has 1 amide bonds. The molecule has 1 saturated heterocycles. The van der Waals surface area contributed by atoms with Crippen LogP contribution in [0.2, 0.25) is 0 Å². The number of rotatable bonds is 5. The number of carboxylic acid groups (broad SMARTS) is 1. The van der Waals surface area contributed by atoms with E-state index in [1.165, 1.54) is 24.3 Å². The van der Waals surface area contributed by atoms with E-state index in [1.54, 1.807) is 13.8 Å². The number of amides is 1. The molecule has 2 atom stereocenters. The summed E-state index contributed by atoms with van der Waals surface area (Å²) >= 11 is 0. The fraction of sp³-hybridized carbons (Fsp3) is 0.467. The molecule has 1 aliphatic heterocycles. The summed E-state index contributed by atoms with van der Waals surface area (Å²) in [5, 5.41) is 11.6. The lowest BCUT2D eigenvalue weighted by molar-refractivity contribution is -0.124. The molecule has 1 aromatic carbocycles. The van der Waals surface area contributed by atoms with Gasteiger partial charge in [-0.2, -0.15) is 4.31 Å². The van der Waals surface area contributed by atoms with Crippen LogP contribution in [0.15, 0.2) is 29.2 Å². The maximum absolute atomic E-state index is 12.8. The zero-order chi connectivity index (χ0) is 18.1. The van der Waals surface area contributed by atoms with Crippen molar-refractivity contribution in [3.8, 4) is 0 Å². The number of nitrogens with zero attached hydrogens (tertiary/aromatic N) is 1. The Kier molecular flexibility index (Phi) is 5.26. The van der Waals surface area contributed by atoms with E-state index in [0.717, 1.165) is 4.31 Å². The Morgan fingerprint density at radius 3 is 2.38 bits per heavy atom. The van der Waals surface area contributed by atoms with Gasteiger partial charge in [0.15, 0.2) is 0 Å². The Morgan fingerprint density at radius 2 is 1.88 bits per heavy atom. The lowest BCUT2D eigenvalue weighted by Crippen LogP contribution is -2.47. The second-order valence-corrected chi connectivity index (χ2v) is 7.97. The maximum Gasteiger partial charge on any atom is 0.335 e. The summed E-state index contributed by atoms with van der Waals surface area (Å²) in [6.07, 6.45) is 0.241. The summed E-state index contributed by atoms with van der Waals surface area (Å²) < 4.78 is 26.7. The first-order valence-electron chi connectivity index (χ1n) is 7.54. The first kappa shape index (κ1) is 18.4. The molecule has 0 aromatic heterocycles. The highest BCUT2D eigenvalue weighted by Crippen LogP contribution is 2.26. The van der Waals surface area contributed by atoms with Crippen LogP contribution in [0.5, 0.6) is 0 Å². The molecule has 0 radical (unpaired) electrons. The molecular weight excluding hydrogens is 334 g/mol. The first-order valence-corrected chi connectivity index (χ1v) is 8.98. The minimum atomic E-state index is -3.94. The van der Waals surface area contributed by atoms with Gasteiger partial charge < -0.3 is 16.2 Å². The number of nitrogens with one attached hydrogen (secondary N) is 1. The van der Waals surface area contributed by atoms with Crippen LogP contribution >= 0.6 is 0 Å². The van der Waals surface area contributed by atoms with Gasteiger partial charge >= 0.3 is 5.97 Å². The van der Waals surface area contributed by atoms with E-state index in [9.17, 15) is 18.0 Å². The molecule has 24 heavy (non-hydrogen) atoms. The van der Waals surface area contributed by atoms with Crippen molar-refractivity contribution in [1.82, 2.24) is 9.62 Å². The van der Waals surface area contributed by atoms with Crippen molar-refractivity contribution in [3.05, 3.63) is 29.8 Å².